The van der Waals surface area contributed by atoms with E-state index in [1.165, 1.54) is 0 Å². The predicted octanol–water partition coefficient (Wildman–Crippen LogP) is 1.48. The fraction of sp³-hybridized carbons (Fsp3) is 0.579. The van der Waals surface area contributed by atoms with E-state index in [0.29, 0.717) is 45.9 Å². The highest BCUT2D eigenvalue weighted by Gasteiger charge is 2.36. The van der Waals surface area contributed by atoms with Gasteiger partial charge >= 0.3 is 0 Å². The Morgan fingerprint density at radius 1 is 1.16 bits per heavy atom. The van der Waals surface area contributed by atoms with Gasteiger partial charge in [0, 0.05) is 19.6 Å². The number of nitrogens with zero attached hydrogens (tertiary/aromatic N) is 2. The summed E-state index contributed by atoms with van der Waals surface area (Å²) in [4.78, 5) is 29.1. The zero-order chi connectivity index (χ0) is 17.6. The molecule has 2 heterocycles. The molecule has 0 unspecified atom stereocenters. The SMILES string of the molecule is CCOc1ccc(CC(=O)N2CCC[C@@H]2C(=O)N2CCOCC2)cc1. The second-order valence-electron chi connectivity index (χ2n) is 6.44. The molecule has 2 fully saturated rings. The predicted molar refractivity (Wildman–Crippen MR) is 93.4 cm³/mol. The molecule has 2 aliphatic heterocycles. The first kappa shape index (κ1) is 17.7. The summed E-state index contributed by atoms with van der Waals surface area (Å²) in [5, 5.41) is 0. The molecule has 0 N–H and O–H groups in total. The minimum Gasteiger partial charge on any atom is -0.494 e. The molecule has 0 saturated carbocycles. The fourth-order valence-electron chi connectivity index (χ4n) is 3.46. The van der Waals surface area contributed by atoms with Gasteiger partial charge in [0.1, 0.15) is 11.8 Å². The van der Waals surface area contributed by atoms with Crippen molar-refractivity contribution in [1.82, 2.24) is 9.80 Å². The van der Waals surface area contributed by atoms with E-state index < -0.39 is 0 Å². The first-order valence-electron chi connectivity index (χ1n) is 9.06. The zero-order valence-electron chi connectivity index (χ0n) is 14.8. The molecule has 0 aromatic heterocycles. The second-order valence-corrected chi connectivity index (χ2v) is 6.44. The van der Waals surface area contributed by atoms with Crippen LogP contribution in [0.25, 0.3) is 0 Å². The first-order valence-corrected chi connectivity index (χ1v) is 9.06. The summed E-state index contributed by atoms with van der Waals surface area (Å²) < 4.78 is 10.7. The summed E-state index contributed by atoms with van der Waals surface area (Å²) >= 11 is 0. The highest BCUT2D eigenvalue weighted by molar-refractivity contribution is 5.89. The molecule has 1 atom stereocenters. The highest BCUT2D eigenvalue weighted by atomic mass is 16.5. The molecular weight excluding hydrogens is 320 g/mol. The van der Waals surface area contributed by atoms with E-state index in [1.54, 1.807) is 4.90 Å². The van der Waals surface area contributed by atoms with Gasteiger partial charge in [-0.05, 0) is 37.5 Å². The van der Waals surface area contributed by atoms with Crippen molar-refractivity contribution in [3.63, 3.8) is 0 Å². The van der Waals surface area contributed by atoms with Crippen LogP contribution in [-0.4, -0.2) is 67.1 Å². The van der Waals surface area contributed by atoms with Crippen LogP contribution in [0.5, 0.6) is 5.75 Å². The molecule has 2 amide bonds. The molecule has 0 bridgehead atoms. The lowest BCUT2D eigenvalue weighted by Crippen LogP contribution is -2.51. The second kappa shape index (κ2) is 8.34. The van der Waals surface area contributed by atoms with Crippen LogP contribution in [-0.2, 0) is 20.7 Å². The van der Waals surface area contributed by atoms with Crippen molar-refractivity contribution < 1.29 is 19.1 Å². The van der Waals surface area contributed by atoms with Crippen molar-refractivity contribution in [1.29, 1.82) is 0 Å². The van der Waals surface area contributed by atoms with Gasteiger partial charge < -0.3 is 19.3 Å². The molecule has 1 aromatic carbocycles. The van der Waals surface area contributed by atoms with Crippen molar-refractivity contribution in [2.24, 2.45) is 0 Å². The third-order valence-corrected chi connectivity index (χ3v) is 4.77. The minimum absolute atomic E-state index is 0.0215. The minimum atomic E-state index is -0.312. The Balaban J connectivity index is 1.61. The van der Waals surface area contributed by atoms with Crippen LogP contribution < -0.4 is 4.74 Å². The van der Waals surface area contributed by atoms with E-state index in [1.807, 2.05) is 36.1 Å². The number of carbonyl (C=O) groups excluding carboxylic acids is 2. The normalized spacial score (nSPS) is 20.6. The molecular formula is C19H26N2O4. The lowest BCUT2D eigenvalue weighted by atomic mass is 10.1. The van der Waals surface area contributed by atoms with Crippen molar-refractivity contribution in [2.75, 3.05) is 39.5 Å². The molecule has 136 valence electrons. The number of morpholine rings is 1. The number of hydrogen-bond acceptors (Lipinski definition) is 4. The highest BCUT2D eigenvalue weighted by Crippen LogP contribution is 2.22. The van der Waals surface area contributed by atoms with E-state index in [2.05, 4.69) is 0 Å². The Morgan fingerprint density at radius 2 is 1.88 bits per heavy atom. The van der Waals surface area contributed by atoms with Gasteiger partial charge in [-0.1, -0.05) is 12.1 Å². The summed E-state index contributed by atoms with van der Waals surface area (Å²) in [6.45, 7) is 5.63. The molecule has 2 saturated heterocycles. The standard InChI is InChI=1S/C19H26N2O4/c1-2-25-16-7-5-15(6-8-16)14-18(22)21-9-3-4-17(21)19(23)20-10-12-24-13-11-20/h5-8,17H,2-4,9-14H2,1H3/t17-/m1/s1. The first-order chi connectivity index (χ1) is 12.2. The van der Waals surface area contributed by atoms with E-state index in [9.17, 15) is 9.59 Å². The molecule has 6 heteroatoms. The van der Waals surface area contributed by atoms with Crippen molar-refractivity contribution in [3.05, 3.63) is 29.8 Å². The summed E-state index contributed by atoms with van der Waals surface area (Å²) in [6.07, 6.45) is 1.96. The average molecular weight is 346 g/mol. The van der Waals surface area contributed by atoms with Gasteiger partial charge in [-0.25, -0.2) is 0 Å². The van der Waals surface area contributed by atoms with Gasteiger partial charge in [0.25, 0.3) is 0 Å². The maximum absolute atomic E-state index is 12.7. The van der Waals surface area contributed by atoms with Crippen molar-refractivity contribution in [3.8, 4) is 5.75 Å². The maximum Gasteiger partial charge on any atom is 0.245 e. The van der Waals surface area contributed by atoms with Crippen molar-refractivity contribution >= 4 is 11.8 Å². The summed E-state index contributed by atoms with van der Waals surface area (Å²) in [5.74, 6) is 0.898. The van der Waals surface area contributed by atoms with Crippen LogP contribution >= 0.6 is 0 Å². The van der Waals surface area contributed by atoms with Crippen LogP contribution in [0.2, 0.25) is 0 Å². The average Bonchev–Trinajstić information content (AvgIpc) is 3.13. The smallest absolute Gasteiger partial charge is 0.245 e. The van der Waals surface area contributed by atoms with E-state index in [0.717, 1.165) is 24.2 Å². The third kappa shape index (κ3) is 4.31. The lowest BCUT2D eigenvalue weighted by molar-refractivity contribution is -0.146. The molecule has 2 aliphatic rings. The Hall–Kier alpha value is -2.08. The van der Waals surface area contributed by atoms with Gasteiger partial charge in [-0.3, -0.25) is 9.59 Å². The third-order valence-electron chi connectivity index (χ3n) is 4.77. The number of likely N-dealkylation sites (tertiary alicyclic amines) is 1. The summed E-state index contributed by atoms with van der Waals surface area (Å²) in [5.41, 5.74) is 0.943. The molecule has 6 nitrogen and oxygen atoms in total. The van der Waals surface area contributed by atoms with E-state index in [4.69, 9.17) is 9.47 Å². The van der Waals surface area contributed by atoms with Crippen LogP contribution in [0.4, 0.5) is 0 Å². The van der Waals surface area contributed by atoms with Crippen molar-refractivity contribution in [2.45, 2.75) is 32.2 Å². The molecule has 0 radical (unpaired) electrons. The van der Waals surface area contributed by atoms with Gasteiger partial charge in [0.2, 0.25) is 11.8 Å². The molecule has 1 aromatic rings. The molecule has 0 spiro atoms. The maximum atomic E-state index is 12.7. The summed E-state index contributed by atoms with van der Waals surface area (Å²) in [7, 11) is 0. The topological polar surface area (TPSA) is 59.1 Å². The Bertz CT molecular complexity index is 596. The van der Waals surface area contributed by atoms with E-state index >= 15 is 0 Å². The Morgan fingerprint density at radius 3 is 2.56 bits per heavy atom. The number of carbonyl (C=O) groups is 2. The van der Waals surface area contributed by atoms with Gasteiger partial charge in [0.15, 0.2) is 0 Å². The van der Waals surface area contributed by atoms with Gasteiger partial charge in [-0.2, -0.15) is 0 Å². The molecule has 0 aliphatic carbocycles. The lowest BCUT2D eigenvalue weighted by Gasteiger charge is -2.32. The number of rotatable bonds is 5. The van der Waals surface area contributed by atoms with Crippen LogP contribution in [0.3, 0.4) is 0 Å². The molecule has 25 heavy (non-hydrogen) atoms. The quantitative estimate of drug-likeness (QED) is 0.810. The van der Waals surface area contributed by atoms with Crippen LogP contribution in [0, 0.1) is 0 Å². The Kier molecular flexibility index (Phi) is 5.91. The van der Waals surface area contributed by atoms with Crippen LogP contribution in [0.1, 0.15) is 25.3 Å². The summed E-state index contributed by atoms with van der Waals surface area (Å²) in [6, 6.07) is 7.28. The largest absolute Gasteiger partial charge is 0.494 e. The monoisotopic (exact) mass is 346 g/mol. The van der Waals surface area contributed by atoms with Gasteiger partial charge in [-0.15, -0.1) is 0 Å². The number of benzene rings is 1. The van der Waals surface area contributed by atoms with Gasteiger partial charge in [0.05, 0.1) is 26.2 Å². The fourth-order valence-corrected chi connectivity index (χ4v) is 3.46. The number of ether oxygens (including phenoxy) is 2. The van der Waals surface area contributed by atoms with Crippen LogP contribution in [0.15, 0.2) is 24.3 Å². The Labute approximate surface area is 148 Å². The molecule has 3 rings (SSSR count). The number of hydrogen-bond donors (Lipinski definition) is 0. The zero-order valence-corrected chi connectivity index (χ0v) is 14.8. The van der Waals surface area contributed by atoms with E-state index in [-0.39, 0.29) is 17.9 Å². The number of amides is 2.